The van der Waals surface area contributed by atoms with E-state index >= 15 is 0 Å². The Morgan fingerprint density at radius 1 is 1.36 bits per heavy atom. The molecule has 0 spiro atoms. The summed E-state index contributed by atoms with van der Waals surface area (Å²) in [5.41, 5.74) is 1.68. The third-order valence-corrected chi connectivity index (χ3v) is 3.77. The molecule has 1 aliphatic heterocycles. The topological polar surface area (TPSA) is 12.0 Å². The first-order valence-electron chi connectivity index (χ1n) is 5.28. The van der Waals surface area contributed by atoms with Crippen LogP contribution < -0.4 is 5.32 Å². The smallest absolute Gasteiger partial charge is 0.0432 e. The van der Waals surface area contributed by atoms with Gasteiger partial charge in [-0.15, -0.1) is 0 Å². The molecule has 0 radical (unpaired) electrons. The van der Waals surface area contributed by atoms with E-state index in [-0.39, 0.29) is 5.54 Å². The number of rotatable bonds is 2. The van der Waals surface area contributed by atoms with Crippen LogP contribution in [0.15, 0.2) is 28.7 Å². The quantitative estimate of drug-likeness (QED) is 0.852. The Bertz CT molecular complexity index is 299. The summed E-state index contributed by atoms with van der Waals surface area (Å²) in [6, 6.07) is 8.72. The van der Waals surface area contributed by atoms with Gasteiger partial charge in [-0.25, -0.2) is 0 Å². The molecule has 0 aromatic heterocycles. The van der Waals surface area contributed by atoms with Crippen LogP contribution >= 0.6 is 15.9 Å². The highest BCUT2D eigenvalue weighted by atomic mass is 79.9. The Balaban J connectivity index is 2.31. The predicted octanol–water partition coefficient (Wildman–Crippen LogP) is 3.44. The monoisotopic (exact) mass is 253 g/mol. The largest absolute Gasteiger partial charge is 0.307 e. The van der Waals surface area contributed by atoms with Crippen LogP contribution in [-0.2, 0) is 5.54 Å². The van der Waals surface area contributed by atoms with Crippen molar-refractivity contribution < 1.29 is 0 Å². The third kappa shape index (κ3) is 1.73. The van der Waals surface area contributed by atoms with Gasteiger partial charge in [-0.05, 0) is 43.5 Å². The summed E-state index contributed by atoms with van der Waals surface area (Å²) in [5.74, 6) is 0. The fourth-order valence-corrected chi connectivity index (χ4v) is 2.59. The van der Waals surface area contributed by atoms with Gasteiger partial charge in [0.1, 0.15) is 0 Å². The summed E-state index contributed by atoms with van der Waals surface area (Å²) in [4.78, 5) is 0. The molecule has 1 atom stereocenters. The van der Waals surface area contributed by atoms with E-state index in [0.29, 0.717) is 0 Å². The normalized spacial score (nSPS) is 26.7. The van der Waals surface area contributed by atoms with Crippen LogP contribution in [0.4, 0.5) is 0 Å². The molecule has 1 fully saturated rings. The molecule has 0 aliphatic carbocycles. The average molecular weight is 254 g/mol. The first-order valence-corrected chi connectivity index (χ1v) is 6.07. The minimum Gasteiger partial charge on any atom is -0.307 e. The van der Waals surface area contributed by atoms with Crippen LogP contribution in [0, 0.1) is 0 Å². The van der Waals surface area contributed by atoms with E-state index in [1.807, 2.05) is 0 Å². The van der Waals surface area contributed by atoms with Crippen molar-refractivity contribution >= 4 is 15.9 Å². The van der Waals surface area contributed by atoms with Gasteiger partial charge in [0.2, 0.25) is 0 Å². The van der Waals surface area contributed by atoms with E-state index in [1.54, 1.807) is 0 Å². The molecule has 1 saturated heterocycles. The van der Waals surface area contributed by atoms with Crippen molar-refractivity contribution in [1.82, 2.24) is 5.32 Å². The lowest BCUT2D eigenvalue weighted by Gasteiger charge is -2.28. The van der Waals surface area contributed by atoms with E-state index in [4.69, 9.17) is 0 Å². The molecule has 1 heterocycles. The maximum absolute atomic E-state index is 3.64. The highest BCUT2D eigenvalue weighted by Crippen LogP contribution is 2.34. The first-order chi connectivity index (χ1) is 6.77. The maximum Gasteiger partial charge on any atom is 0.0432 e. The molecule has 1 N–H and O–H groups in total. The van der Waals surface area contributed by atoms with Gasteiger partial charge in [0.25, 0.3) is 0 Å². The summed E-state index contributed by atoms with van der Waals surface area (Å²) in [5, 5.41) is 3.64. The Hall–Kier alpha value is -0.340. The third-order valence-electron chi connectivity index (χ3n) is 3.24. The SMILES string of the molecule is CCC1(c2ccc(Br)cc2)CCCN1. The van der Waals surface area contributed by atoms with Crippen LogP contribution in [-0.4, -0.2) is 6.54 Å². The van der Waals surface area contributed by atoms with Crippen molar-refractivity contribution in [2.75, 3.05) is 6.54 Å². The summed E-state index contributed by atoms with van der Waals surface area (Å²) >= 11 is 3.47. The van der Waals surface area contributed by atoms with Crippen LogP contribution in [0.5, 0.6) is 0 Å². The molecule has 0 bridgehead atoms. The standard InChI is InChI=1S/C12H16BrN/c1-2-12(8-3-9-14-12)10-4-6-11(13)7-5-10/h4-7,14H,2-3,8-9H2,1H3. The second kappa shape index (κ2) is 4.03. The van der Waals surface area contributed by atoms with Crippen molar-refractivity contribution in [1.29, 1.82) is 0 Å². The zero-order chi connectivity index (χ0) is 10.0. The first kappa shape index (κ1) is 10.2. The highest BCUT2D eigenvalue weighted by Gasteiger charge is 2.32. The van der Waals surface area contributed by atoms with Gasteiger partial charge in [0, 0.05) is 10.0 Å². The molecule has 76 valence electrons. The molecule has 1 unspecified atom stereocenters. The maximum atomic E-state index is 3.64. The average Bonchev–Trinajstić information content (AvgIpc) is 2.68. The molecule has 1 aromatic rings. The van der Waals surface area contributed by atoms with E-state index in [1.165, 1.54) is 24.8 Å². The number of nitrogens with one attached hydrogen (secondary N) is 1. The molecule has 1 aromatic carbocycles. The highest BCUT2D eigenvalue weighted by molar-refractivity contribution is 9.10. The van der Waals surface area contributed by atoms with Gasteiger partial charge in [0.05, 0.1) is 0 Å². The Kier molecular flexibility index (Phi) is 2.93. The summed E-state index contributed by atoms with van der Waals surface area (Å²) in [6.07, 6.45) is 3.74. The molecule has 1 aliphatic rings. The Labute approximate surface area is 94.0 Å². The molecule has 14 heavy (non-hydrogen) atoms. The van der Waals surface area contributed by atoms with Crippen LogP contribution in [0.2, 0.25) is 0 Å². The summed E-state index contributed by atoms with van der Waals surface area (Å²) < 4.78 is 1.16. The van der Waals surface area contributed by atoms with Gasteiger partial charge >= 0.3 is 0 Å². The molecule has 1 nitrogen and oxygen atoms in total. The molecule has 2 heteroatoms. The minimum absolute atomic E-state index is 0.251. The molecular weight excluding hydrogens is 238 g/mol. The zero-order valence-corrected chi connectivity index (χ0v) is 10.1. The van der Waals surface area contributed by atoms with Crippen LogP contribution in [0.1, 0.15) is 31.7 Å². The lowest BCUT2D eigenvalue weighted by molar-refractivity contribution is 0.376. The van der Waals surface area contributed by atoms with E-state index < -0.39 is 0 Å². The number of hydrogen-bond donors (Lipinski definition) is 1. The van der Waals surface area contributed by atoms with E-state index in [2.05, 4.69) is 52.4 Å². The predicted molar refractivity (Wildman–Crippen MR) is 63.3 cm³/mol. The molecule has 0 amide bonds. The second-order valence-corrected chi connectivity index (χ2v) is 4.89. The minimum atomic E-state index is 0.251. The molecule has 0 saturated carbocycles. The van der Waals surface area contributed by atoms with Crippen molar-refractivity contribution in [3.63, 3.8) is 0 Å². The Morgan fingerprint density at radius 3 is 2.57 bits per heavy atom. The fraction of sp³-hybridized carbons (Fsp3) is 0.500. The summed E-state index contributed by atoms with van der Waals surface area (Å²) in [7, 11) is 0. The van der Waals surface area contributed by atoms with Crippen molar-refractivity contribution in [3.8, 4) is 0 Å². The van der Waals surface area contributed by atoms with Crippen molar-refractivity contribution in [3.05, 3.63) is 34.3 Å². The van der Waals surface area contributed by atoms with Crippen molar-refractivity contribution in [2.45, 2.75) is 31.7 Å². The van der Waals surface area contributed by atoms with Gasteiger partial charge in [0.15, 0.2) is 0 Å². The van der Waals surface area contributed by atoms with Gasteiger partial charge in [-0.2, -0.15) is 0 Å². The van der Waals surface area contributed by atoms with Gasteiger partial charge in [-0.3, -0.25) is 0 Å². The Morgan fingerprint density at radius 2 is 2.07 bits per heavy atom. The van der Waals surface area contributed by atoms with Crippen LogP contribution in [0.3, 0.4) is 0 Å². The second-order valence-electron chi connectivity index (χ2n) is 3.97. The lowest BCUT2D eigenvalue weighted by atomic mass is 9.86. The summed E-state index contributed by atoms with van der Waals surface area (Å²) in [6.45, 7) is 3.42. The lowest BCUT2D eigenvalue weighted by Crippen LogP contribution is -2.35. The van der Waals surface area contributed by atoms with Gasteiger partial charge < -0.3 is 5.32 Å². The van der Waals surface area contributed by atoms with E-state index in [0.717, 1.165) is 11.0 Å². The molecular formula is C12H16BrN. The van der Waals surface area contributed by atoms with Crippen LogP contribution in [0.25, 0.3) is 0 Å². The number of halogens is 1. The number of hydrogen-bond acceptors (Lipinski definition) is 1. The van der Waals surface area contributed by atoms with Crippen molar-refractivity contribution in [2.24, 2.45) is 0 Å². The van der Waals surface area contributed by atoms with E-state index in [9.17, 15) is 0 Å². The van der Waals surface area contributed by atoms with Gasteiger partial charge in [-0.1, -0.05) is 35.0 Å². The molecule has 2 rings (SSSR count). The fourth-order valence-electron chi connectivity index (χ4n) is 2.33. The number of benzene rings is 1. The zero-order valence-electron chi connectivity index (χ0n) is 8.52.